The molecule has 1 saturated carbocycles. The number of hydrogen-bond acceptors (Lipinski definition) is 2. The van der Waals surface area contributed by atoms with Crippen LogP contribution in [0.2, 0.25) is 0 Å². The number of amides is 1. The molecule has 0 heterocycles. The predicted molar refractivity (Wildman–Crippen MR) is 72.1 cm³/mol. The van der Waals surface area contributed by atoms with Gasteiger partial charge in [-0.05, 0) is 37.8 Å². The highest BCUT2D eigenvalue weighted by Crippen LogP contribution is 2.26. The summed E-state index contributed by atoms with van der Waals surface area (Å²) in [7, 11) is 0. The van der Waals surface area contributed by atoms with Crippen molar-refractivity contribution in [1.82, 2.24) is 5.32 Å². The topological polar surface area (TPSA) is 66.4 Å². The lowest BCUT2D eigenvalue weighted by atomic mass is 10.00. The van der Waals surface area contributed by atoms with Crippen molar-refractivity contribution in [3.63, 3.8) is 0 Å². The van der Waals surface area contributed by atoms with Crippen LogP contribution in [0.25, 0.3) is 0 Å². The zero-order chi connectivity index (χ0) is 14.0. The van der Waals surface area contributed by atoms with Crippen LogP contribution in [-0.2, 0) is 4.79 Å². The smallest absolute Gasteiger partial charge is 0.308 e. The SMILES string of the molecule is Cc1cccc(C)c1C(=O)NC1CCCC1C(=O)O. The van der Waals surface area contributed by atoms with Crippen LogP contribution >= 0.6 is 0 Å². The Morgan fingerprint density at radius 2 is 1.84 bits per heavy atom. The normalized spacial score (nSPS) is 22.2. The van der Waals surface area contributed by atoms with E-state index in [0.29, 0.717) is 12.0 Å². The van der Waals surface area contributed by atoms with Crippen molar-refractivity contribution in [2.45, 2.75) is 39.2 Å². The minimum absolute atomic E-state index is 0.159. The van der Waals surface area contributed by atoms with Gasteiger partial charge < -0.3 is 10.4 Å². The van der Waals surface area contributed by atoms with E-state index < -0.39 is 11.9 Å². The summed E-state index contributed by atoms with van der Waals surface area (Å²) < 4.78 is 0. The molecule has 0 spiro atoms. The zero-order valence-electron chi connectivity index (χ0n) is 11.3. The molecule has 1 aliphatic rings. The van der Waals surface area contributed by atoms with Gasteiger partial charge >= 0.3 is 5.97 Å². The van der Waals surface area contributed by atoms with E-state index in [9.17, 15) is 9.59 Å². The molecule has 2 rings (SSSR count). The number of aliphatic carboxylic acids is 1. The Labute approximate surface area is 112 Å². The lowest BCUT2D eigenvalue weighted by Crippen LogP contribution is -2.40. The van der Waals surface area contributed by atoms with Crippen molar-refractivity contribution in [1.29, 1.82) is 0 Å². The Kier molecular flexibility index (Phi) is 3.88. The van der Waals surface area contributed by atoms with Gasteiger partial charge in [-0.15, -0.1) is 0 Å². The van der Waals surface area contributed by atoms with E-state index in [-0.39, 0.29) is 11.9 Å². The van der Waals surface area contributed by atoms with Crippen molar-refractivity contribution >= 4 is 11.9 Å². The second kappa shape index (κ2) is 5.43. The maximum absolute atomic E-state index is 12.3. The Bertz CT molecular complexity index is 490. The van der Waals surface area contributed by atoms with Gasteiger partial charge in [0.05, 0.1) is 5.92 Å². The summed E-state index contributed by atoms with van der Waals surface area (Å²) >= 11 is 0. The molecule has 2 atom stereocenters. The molecular formula is C15H19NO3. The minimum atomic E-state index is -0.815. The number of carboxylic acids is 1. The molecule has 1 aliphatic carbocycles. The quantitative estimate of drug-likeness (QED) is 0.877. The monoisotopic (exact) mass is 261 g/mol. The second-order valence-corrected chi connectivity index (χ2v) is 5.22. The molecule has 0 bridgehead atoms. The molecule has 0 aromatic heterocycles. The molecule has 102 valence electrons. The molecule has 2 unspecified atom stereocenters. The predicted octanol–water partition coefficient (Wildman–Crippen LogP) is 2.29. The second-order valence-electron chi connectivity index (χ2n) is 5.22. The van der Waals surface area contributed by atoms with Crippen molar-refractivity contribution in [2.24, 2.45) is 5.92 Å². The Morgan fingerprint density at radius 3 is 2.42 bits per heavy atom. The molecule has 4 heteroatoms. The van der Waals surface area contributed by atoms with Gasteiger partial charge in [-0.25, -0.2) is 0 Å². The van der Waals surface area contributed by atoms with E-state index in [1.54, 1.807) is 0 Å². The zero-order valence-corrected chi connectivity index (χ0v) is 11.3. The van der Waals surface area contributed by atoms with Crippen molar-refractivity contribution in [3.05, 3.63) is 34.9 Å². The number of nitrogens with one attached hydrogen (secondary N) is 1. The van der Waals surface area contributed by atoms with E-state index in [1.807, 2.05) is 32.0 Å². The number of hydrogen-bond donors (Lipinski definition) is 2. The van der Waals surface area contributed by atoms with Gasteiger partial charge in [0.15, 0.2) is 0 Å². The molecule has 0 radical (unpaired) electrons. The molecule has 1 fully saturated rings. The van der Waals surface area contributed by atoms with Gasteiger partial charge in [-0.1, -0.05) is 24.6 Å². The maximum atomic E-state index is 12.3. The third kappa shape index (κ3) is 2.78. The summed E-state index contributed by atoms with van der Waals surface area (Å²) in [6.07, 6.45) is 2.25. The van der Waals surface area contributed by atoms with Gasteiger partial charge in [0.25, 0.3) is 5.91 Å². The summed E-state index contributed by atoms with van der Waals surface area (Å²) in [5.74, 6) is -1.42. The van der Waals surface area contributed by atoms with Crippen LogP contribution in [0.15, 0.2) is 18.2 Å². The summed E-state index contributed by atoms with van der Waals surface area (Å²) in [6, 6.07) is 5.46. The molecule has 4 nitrogen and oxygen atoms in total. The van der Waals surface area contributed by atoms with Crippen molar-refractivity contribution in [3.8, 4) is 0 Å². The third-order valence-electron chi connectivity index (χ3n) is 3.86. The first-order chi connectivity index (χ1) is 9.00. The lowest BCUT2D eigenvalue weighted by Gasteiger charge is -2.19. The van der Waals surface area contributed by atoms with E-state index in [4.69, 9.17) is 5.11 Å². The summed E-state index contributed by atoms with van der Waals surface area (Å²) in [5.41, 5.74) is 2.50. The van der Waals surface area contributed by atoms with E-state index in [1.165, 1.54) is 0 Å². The highest BCUT2D eigenvalue weighted by atomic mass is 16.4. The molecule has 1 aromatic carbocycles. The van der Waals surface area contributed by atoms with Gasteiger partial charge in [0.1, 0.15) is 0 Å². The number of aryl methyl sites for hydroxylation is 2. The average molecular weight is 261 g/mol. The van der Waals surface area contributed by atoms with Crippen LogP contribution in [0.5, 0.6) is 0 Å². The standard InChI is InChI=1S/C15H19NO3/c1-9-5-3-6-10(2)13(9)14(17)16-12-8-4-7-11(12)15(18)19/h3,5-6,11-12H,4,7-8H2,1-2H3,(H,16,17)(H,18,19). The van der Waals surface area contributed by atoms with Crippen molar-refractivity contribution in [2.75, 3.05) is 0 Å². The molecule has 19 heavy (non-hydrogen) atoms. The highest BCUT2D eigenvalue weighted by Gasteiger charge is 2.34. The van der Waals surface area contributed by atoms with Crippen LogP contribution in [0, 0.1) is 19.8 Å². The summed E-state index contributed by atoms with van der Waals surface area (Å²) in [6.45, 7) is 3.79. The van der Waals surface area contributed by atoms with Gasteiger partial charge in [-0.3, -0.25) is 9.59 Å². The highest BCUT2D eigenvalue weighted by molar-refractivity contribution is 5.97. The molecule has 0 aliphatic heterocycles. The van der Waals surface area contributed by atoms with Crippen LogP contribution in [-0.4, -0.2) is 23.0 Å². The number of benzene rings is 1. The fourth-order valence-corrected chi connectivity index (χ4v) is 2.84. The van der Waals surface area contributed by atoms with Crippen LogP contribution in [0.3, 0.4) is 0 Å². The van der Waals surface area contributed by atoms with Crippen LogP contribution < -0.4 is 5.32 Å². The van der Waals surface area contributed by atoms with Crippen LogP contribution in [0.4, 0.5) is 0 Å². The third-order valence-corrected chi connectivity index (χ3v) is 3.86. The van der Waals surface area contributed by atoms with Crippen LogP contribution in [0.1, 0.15) is 40.7 Å². The first-order valence-corrected chi connectivity index (χ1v) is 6.60. The average Bonchev–Trinajstić information content (AvgIpc) is 2.76. The Hall–Kier alpha value is -1.84. The molecule has 1 aromatic rings. The first kappa shape index (κ1) is 13.6. The van der Waals surface area contributed by atoms with Gasteiger partial charge in [-0.2, -0.15) is 0 Å². The number of rotatable bonds is 3. The number of carbonyl (C=O) groups is 2. The van der Waals surface area contributed by atoms with Gasteiger partial charge in [0, 0.05) is 11.6 Å². The maximum Gasteiger partial charge on any atom is 0.308 e. The fourth-order valence-electron chi connectivity index (χ4n) is 2.84. The summed E-state index contributed by atoms with van der Waals surface area (Å²) in [4.78, 5) is 23.4. The van der Waals surface area contributed by atoms with E-state index >= 15 is 0 Å². The Balaban J connectivity index is 2.15. The Morgan fingerprint density at radius 1 is 1.21 bits per heavy atom. The van der Waals surface area contributed by atoms with E-state index in [0.717, 1.165) is 24.0 Å². The number of carbonyl (C=O) groups excluding carboxylic acids is 1. The van der Waals surface area contributed by atoms with Gasteiger partial charge in [0.2, 0.25) is 0 Å². The fraction of sp³-hybridized carbons (Fsp3) is 0.467. The molecule has 0 saturated heterocycles. The largest absolute Gasteiger partial charge is 0.481 e. The van der Waals surface area contributed by atoms with E-state index in [2.05, 4.69) is 5.32 Å². The summed E-state index contributed by atoms with van der Waals surface area (Å²) in [5, 5.41) is 12.0. The molecule has 1 amide bonds. The lowest BCUT2D eigenvalue weighted by molar-refractivity contribution is -0.142. The molecular weight excluding hydrogens is 242 g/mol. The molecule has 2 N–H and O–H groups in total. The minimum Gasteiger partial charge on any atom is -0.481 e. The first-order valence-electron chi connectivity index (χ1n) is 6.60. The van der Waals surface area contributed by atoms with Crippen molar-refractivity contribution < 1.29 is 14.7 Å². The number of carboxylic acid groups (broad SMARTS) is 1.